The predicted molar refractivity (Wildman–Crippen MR) is 81.1 cm³/mol. The van der Waals surface area contributed by atoms with Crippen LogP contribution in [0.5, 0.6) is 0 Å². The van der Waals surface area contributed by atoms with Gasteiger partial charge in [0, 0.05) is 12.1 Å². The van der Waals surface area contributed by atoms with Crippen molar-refractivity contribution in [1.29, 1.82) is 0 Å². The maximum atomic E-state index is 12.9. The third-order valence-corrected chi connectivity index (χ3v) is 5.05. The van der Waals surface area contributed by atoms with Crippen molar-refractivity contribution in [3.05, 3.63) is 46.0 Å². The summed E-state index contributed by atoms with van der Waals surface area (Å²) in [7, 11) is 0. The minimum atomic E-state index is -1.18. The highest BCUT2D eigenvalue weighted by atomic mass is 16.6. The molecule has 124 valence electrons. The number of aryl methyl sites for hydroxylation is 1. The van der Waals surface area contributed by atoms with Gasteiger partial charge >= 0.3 is 0 Å². The molecule has 0 aliphatic carbocycles. The summed E-state index contributed by atoms with van der Waals surface area (Å²) in [5, 5.41) is 20.7. The van der Waals surface area contributed by atoms with Crippen LogP contribution < -0.4 is 4.90 Å². The molecule has 4 atom stereocenters. The quantitative estimate of drug-likeness (QED) is 0.378. The molecule has 8 nitrogen and oxygen atoms in total. The zero-order valence-corrected chi connectivity index (χ0v) is 12.7. The molecule has 0 radical (unpaired) electrons. The molecule has 1 aromatic carbocycles. The normalized spacial score (nSPS) is 33.4. The summed E-state index contributed by atoms with van der Waals surface area (Å²) in [6.45, 7) is 1.28. The lowest BCUT2D eigenvalue weighted by atomic mass is 9.77. The lowest BCUT2D eigenvalue weighted by molar-refractivity contribution is -0.384. The van der Waals surface area contributed by atoms with Crippen molar-refractivity contribution in [2.24, 2.45) is 11.8 Å². The van der Waals surface area contributed by atoms with Crippen molar-refractivity contribution in [3.8, 4) is 0 Å². The number of amides is 2. The Bertz CT molecular complexity index is 819. The van der Waals surface area contributed by atoms with Crippen molar-refractivity contribution in [2.45, 2.75) is 18.6 Å². The zero-order valence-electron chi connectivity index (χ0n) is 12.7. The van der Waals surface area contributed by atoms with E-state index in [9.17, 15) is 24.8 Å². The number of imide groups is 1. The second kappa shape index (κ2) is 4.71. The molecular weight excluding hydrogens is 316 g/mol. The van der Waals surface area contributed by atoms with Crippen molar-refractivity contribution in [2.75, 3.05) is 11.5 Å². The molecule has 24 heavy (non-hydrogen) atoms. The Morgan fingerprint density at radius 1 is 1.38 bits per heavy atom. The number of carbonyl (C=O) groups is 2. The van der Waals surface area contributed by atoms with Gasteiger partial charge in [-0.3, -0.25) is 19.7 Å². The summed E-state index contributed by atoms with van der Waals surface area (Å²) in [5.41, 5.74) is -0.573. The Balaban J connectivity index is 1.80. The van der Waals surface area contributed by atoms with Crippen LogP contribution in [-0.2, 0) is 14.3 Å². The first kappa shape index (κ1) is 15.0. The van der Waals surface area contributed by atoms with Crippen LogP contribution in [0.3, 0.4) is 0 Å². The van der Waals surface area contributed by atoms with Crippen LogP contribution in [0.15, 0.2) is 30.4 Å². The van der Waals surface area contributed by atoms with E-state index in [1.165, 1.54) is 18.2 Å². The van der Waals surface area contributed by atoms with Gasteiger partial charge < -0.3 is 9.84 Å². The SMILES string of the molecule is Cc1ccc([N+](=O)[O-])cc1N1C(=O)[C@@H]2[C@@H]3C=C[C@](CO)(O3)[C@@H]2C1=O. The summed E-state index contributed by atoms with van der Waals surface area (Å²) in [6.07, 6.45) is 2.77. The van der Waals surface area contributed by atoms with Crippen molar-refractivity contribution < 1.29 is 24.4 Å². The van der Waals surface area contributed by atoms with E-state index in [0.29, 0.717) is 5.56 Å². The van der Waals surface area contributed by atoms with E-state index in [4.69, 9.17) is 4.74 Å². The number of fused-ring (bicyclic) bond motifs is 5. The van der Waals surface area contributed by atoms with Crippen molar-refractivity contribution >= 4 is 23.2 Å². The fourth-order valence-corrected chi connectivity index (χ4v) is 3.87. The van der Waals surface area contributed by atoms with Gasteiger partial charge in [-0.15, -0.1) is 0 Å². The van der Waals surface area contributed by atoms with Gasteiger partial charge in [0.05, 0.1) is 35.2 Å². The van der Waals surface area contributed by atoms with Gasteiger partial charge in [-0.1, -0.05) is 18.2 Å². The maximum absolute atomic E-state index is 12.9. The van der Waals surface area contributed by atoms with Gasteiger partial charge in [0.2, 0.25) is 11.8 Å². The number of aliphatic hydroxyl groups is 1. The first-order valence-corrected chi connectivity index (χ1v) is 7.50. The Morgan fingerprint density at radius 3 is 2.79 bits per heavy atom. The number of ether oxygens (including phenoxy) is 1. The van der Waals surface area contributed by atoms with Gasteiger partial charge in [0.25, 0.3) is 5.69 Å². The maximum Gasteiger partial charge on any atom is 0.271 e. The number of nitro groups is 1. The van der Waals surface area contributed by atoms with E-state index in [1.807, 2.05) is 0 Å². The third kappa shape index (κ3) is 1.69. The molecule has 0 saturated carbocycles. The first-order valence-electron chi connectivity index (χ1n) is 7.50. The van der Waals surface area contributed by atoms with E-state index in [0.717, 1.165) is 4.90 Å². The Morgan fingerprint density at radius 2 is 2.12 bits per heavy atom. The van der Waals surface area contributed by atoms with Crippen molar-refractivity contribution in [1.82, 2.24) is 0 Å². The molecule has 3 aliphatic heterocycles. The Hall–Kier alpha value is -2.58. The highest BCUT2D eigenvalue weighted by molar-refractivity contribution is 6.23. The number of nitrogens with zero attached hydrogens (tertiary/aromatic N) is 2. The molecule has 0 aromatic heterocycles. The lowest BCUT2D eigenvalue weighted by Gasteiger charge is -2.26. The molecule has 1 aromatic rings. The minimum absolute atomic E-state index is 0.192. The topological polar surface area (TPSA) is 110 Å². The molecule has 2 fully saturated rings. The number of non-ortho nitro benzene ring substituents is 1. The number of carbonyl (C=O) groups excluding carboxylic acids is 2. The minimum Gasteiger partial charge on any atom is -0.393 e. The van der Waals surface area contributed by atoms with Crippen LogP contribution in [0.25, 0.3) is 0 Å². The van der Waals surface area contributed by atoms with Crippen LogP contribution in [0.1, 0.15) is 5.56 Å². The molecule has 4 rings (SSSR count). The van der Waals surface area contributed by atoms with Gasteiger partial charge in [0.15, 0.2) is 0 Å². The number of aliphatic hydroxyl groups excluding tert-OH is 1. The molecule has 0 spiro atoms. The summed E-state index contributed by atoms with van der Waals surface area (Å²) in [6, 6.07) is 4.07. The van der Waals surface area contributed by atoms with Gasteiger partial charge in [-0.2, -0.15) is 0 Å². The van der Waals surface area contributed by atoms with Gasteiger partial charge in [-0.05, 0) is 12.5 Å². The highest BCUT2D eigenvalue weighted by Gasteiger charge is 2.67. The number of anilines is 1. The van der Waals surface area contributed by atoms with E-state index < -0.39 is 46.9 Å². The molecule has 1 N–H and O–H groups in total. The number of nitro benzene ring substituents is 1. The number of benzene rings is 1. The van der Waals surface area contributed by atoms with Crippen LogP contribution in [0.4, 0.5) is 11.4 Å². The number of hydrogen-bond donors (Lipinski definition) is 1. The molecule has 8 heteroatoms. The summed E-state index contributed by atoms with van der Waals surface area (Å²) in [4.78, 5) is 37.2. The van der Waals surface area contributed by atoms with E-state index >= 15 is 0 Å². The predicted octanol–water partition coefficient (Wildman–Crippen LogP) is 0.709. The van der Waals surface area contributed by atoms with Gasteiger partial charge in [0.1, 0.15) is 5.60 Å². The molecule has 0 unspecified atom stereocenters. The largest absolute Gasteiger partial charge is 0.393 e. The summed E-state index contributed by atoms with van der Waals surface area (Å²) < 4.78 is 5.66. The Kier molecular flexibility index (Phi) is 2.94. The zero-order chi connectivity index (χ0) is 17.2. The second-order valence-electron chi connectivity index (χ2n) is 6.30. The number of hydrogen-bond acceptors (Lipinski definition) is 6. The van der Waals surface area contributed by atoms with Gasteiger partial charge in [-0.25, -0.2) is 4.90 Å². The van der Waals surface area contributed by atoms with Crippen molar-refractivity contribution in [3.63, 3.8) is 0 Å². The van der Waals surface area contributed by atoms with E-state index in [-0.39, 0.29) is 11.4 Å². The first-order chi connectivity index (χ1) is 11.4. The van der Waals surface area contributed by atoms with Crippen LogP contribution in [-0.4, -0.2) is 40.2 Å². The lowest BCUT2D eigenvalue weighted by Crippen LogP contribution is -2.43. The standard InChI is InChI=1S/C16H14N2O6/c1-8-2-3-9(18(22)23)6-10(8)17-14(20)12-11-4-5-16(7-19,24-11)13(12)15(17)21/h2-6,11-13,19H,7H2,1H3/t11-,12+,13-,16+/m0/s1. The average molecular weight is 330 g/mol. The molecule has 2 amide bonds. The molecule has 2 saturated heterocycles. The highest BCUT2D eigenvalue weighted by Crippen LogP contribution is 2.52. The van der Waals surface area contributed by atoms with Crippen LogP contribution in [0, 0.1) is 28.9 Å². The Labute approximate surface area is 136 Å². The monoisotopic (exact) mass is 330 g/mol. The smallest absolute Gasteiger partial charge is 0.271 e. The summed E-state index contributed by atoms with van der Waals surface area (Å²) >= 11 is 0. The summed E-state index contributed by atoms with van der Waals surface area (Å²) in [5.74, 6) is -2.44. The van der Waals surface area contributed by atoms with Crippen LogP contribution in [0.2, 0.25) is 0 Å². The second-order valence-corrected chi connectivity index (χ2v) is 6.30. The third-order valence-electron chi connectivity index (χ3n) is 5.05. The van der Waals surface area contributed by atoms with E-state index in [1.54, 1.807) is 19.1 Å². The molecule has 2 bridgehead atoms. The van der Waals surface area contributed by atoms with E-state index in [2.05, 4.69) is 0 Å². The fourth-order valence-electron chi connectivity index (χ4n) is 3.87. The number of rotatable bonds is 3. The van der Waals surface area contributed by atoms with Crippen LogP contribution >= 0.6 is 0 Å². The molecule has 3 heterocycles. The fraction of sp³-hybridized carbons (Fsp3) is 0.375. The molecule has 3 aliphatic rings. The average Bonchev–Trinajstić information content (AvgIpc) is 3.19. The molecular formula is C16H14N2O6.